The van der Waals surface area contributed by atoms with Crippen molar-refractivity contribution in [3.8, 4) is 0 Å². The van der Waals surface area contributed by atoms with E-state index >= 15 is 0 Å². The van der Waals surface area contributed by atoms with Gasteiger partial charge in [-0.1, -0.05) is 59.3 Å². The van der Waals surface area contributed by atoms with E-state index in [0.29, 0.717) is 44.1 Å². The molecule has 2 aliphatic heterocycles. The molecule has 0 amide bonds. The van der Waals surface area contributed by atoms with Crippen molar-refractivity contribution < 1.29 is 110 Å². The Kier molecular flexibility index (Phi) is 17.0. The van der Waals surface area contributed by atoms with Crippen LogP contribution in [0.4, 0.5) is 0 Å². The Morgan fingerprint density at radius 2 is 1.29 bits per heavy atom. The molecule has 7 fully saturated rings. The van der Waals surface area contributed by atoms with Gasteiger partial charge in [0.05, 0.1) is 56.1 Å². The van der Waals surface area contributed by atoms with Gasteiger partial charge in [0.1, 0.15) is 79.4 Å². The largest absolute Gasteiger partial charge is 0.481 e. The van der Waals surface area contributed by atoms with Crippen molar-refractivity contribution in [2.75, 3.05) is 26.4 Å². The normalized spacial score (nSPS) is 52.3. The predicted molar refractivity (Wildman–Crippen MR) is 263 cm³/mol. The zero-order valence-corrected chi connectivity index (χ0v) is 44.9. The average Bonchev–Trinajstić information content (AvgIpc) is 3.58. The zero-order chi connectivity index (χ0) is 56.2. The highest BCUT2D eigenvalue weighted by atomic mass is 16.7. The summed E-state index contributed by atoms with van der Waals surface area (Å²) in [6.07, 6.45) is -22.7. The second-order valence-corrected chi connectivity index (χ2v) is 25.4. The van der Waals surface area contributed by atoms with Crippen LogP contribution >= 0.6 is 0 Å². The lowest BCUT2D eigenvalue weighted by molar-refractivity contribution is -0.355. The third kappa shape index (κ3) is 9.17. The second-order valence-electron chi connectivity index (χ2n) is 25.4. The van der Waals surface area contributed by atoms with Crippen molar-refractivity contribution in [3.05, 3.63) is 23.3 Å². The molecular weight excluding hydrogens is 1000 g/mol. The van der Waals surface area contributed by atoms with E-state index in [-0.39, 0.29) is 24.9 Å². The molecule has 0 aromatic rings. The number of aliphatic hydroxyl groups excluding tert-OH is 13. The fraction of sp³-hybridized carbons (Fsp3) is 0.889. The third-order valence-electron chi connectivity index (χ3n) is 21.3. The number of carbonyl (C=O) groups is 2. The first-order chi connectivity index (χ1) is 35.5. The number of hydrogen-bond donors (Lipinski definition) is 14. The van der Waals surface area contributed by atoms with Crippen LogP contribution in [0.25, 0.3) is 0 Å². The Bertz CT molecular complexity index is 2170. The molecule has 76 heavy (non-hydrogen) atoms. The van der Waals surface area contributed by atoms with Gasteiger partial charge in [-0.25, -0.2) is 4.79 Å². The van der Waals surface area contributed by atoms with E-state index in [9.17, 15) is 81.1 Å². The van der Waals surface area contributed by atoms with Crippen LogP contribution in [0.5, 0.6) is 0 Å². The topological polar surface area (TPSA) is 373 Å². The van der Waals surface area contributed by atoms with Crippen LogP contribution in [0, 0.1) is 56.2 Å². The first-order valence-electron chi connectivity index (χ1n) is 27.1. The van der Waals surface area contributed by atoms with E-state index in [2.05, 4.69) is 26.8 Å². The molecule has 0 aromatic heterocycles. The van der Waals surface area contributed by atoms with Gasteiger partial charge in [0, 0.05) is 16.4 Å². The first kappa shape index (κ1) is 59.8. The highest BCUT2D eigenvalue weighted by Crippen LogP contribution is 2.76. The molecule has 2 saturated heterocycles. The van der Waals surface area contributed by atoms with E-state index in [1.54, 1.807) is 19.9 Å². The minimum atomic E-state index is -2.04. The molecule has 22 nitrogen and oxygen atoms in total. The van der Waals surface area contributed by atoms with Gasteiger partial charge < -0.3 is 99.9 Å². The molecule has 22 heteroatoms. The summed E-state index contributed by atoms with van der Waals surface area (Å²) in [7, 11) is 0. The maximum absolute atomic E-state index is 13.2. The molecule has 434 valence electrons. The highest BCUT2D eigenvalue weighted by molar-refractivity contribution is 5.87. The molecule has 2 unspecified atom stereocenters. The number of aliphatic carboxylic acids is 1. The summed E-state index contributed by atoms with van der Waals surface area (Å²) in [5.41, 5.74) is -3.36. The van der Waals surface area contributed by atoms with E-state index < -0.39 is 193 Å². The molecule has 8 rings (SSSR count). The van der Waals surface area contributed by atoms with Crippen molar-refractivity contribution >= 4 is 11.9 Å². The molecule has 8 aliphatic rings. The second kappa shape index (κ2) is 21.5. The van der Waals surface area contributed by atoms with E-state index in [1.807, 2.05) is 20.8 Å². The summed E-state index contributed by atoms with van der Waals surface area (Å²) in [6.45, 7) is 13.2. The number of carbonyl (C=O) groups excluding carboxylic acids is 1. The van der Waals surface area contributed by atoms with Gasteiger partial charge >= 0.3 is 11.9 Å². The third-order valence-corrected chi connectivity index (χ3v) is 21.3. The molecular formula is C54H86O22. The van der Waals surface area contributed by atoms with Crippen LogP contribution < -0.4 is 0 Å². The Morgan fingerprint density at radius 3 is 1.82 bits per heavy atom. The predicted octanol–water partition coefficient (Wildman–Crippen LogP) is -1.23. The molecule has 0 aromatic carbocycles. The van der Waals surface area contributed by atoms with Crippen molar-refractivity contribution in [3.63, 3.8) is 0 Å². The van der Waals surface area contributed by atoms with Crippen molar-refractivity contribution in [2.45, 2.75) is 217 Å². The van der Waals surface area contributed by atoms with Gasteiger partial charge in [-0.05, 0) is 99.2 Å². The fourth-order valence-corrected chi connectivity index (χ4v) is 16.4. The average molecular weight is 1090 g/mol. The molecule has 5 saturated carbocycles. The SMILES string of the molecule is C/C=C(\C)C(=O)O[C@H]1[C@H](O)[C@]2(CO)[C@H](O)C[C@]3(C)C(=CCC4[C@@]5(C)CC[C@H](O[C@@H]6C[C@H](C(=O)O)[C@@H](O[C@@H]7O[C@H](CO)[C@@H](O)[C@H](O)[C@H]7O)[C@H](O)[C@H]6O[C@@H]6O[C@H](CO)[C@@H](O)[C@H](O)[C@H]6O)[C@](C)(CO)C5CC[C@]43C)[C@@H]2CC1(C)C. The fourth-order valence-electron chi connectivity index (χ4n) is 16.4. The number of allylic oxidation sites excluding steroid dienone is 3. The molecule has 0 bridgehead atoms. The first-order valence-corrected chi connectivity index (χ1v) is 27.1. The number of ether oxygens (including phenoxy) is 6. The summed E-state index contributed by atoms with van der Waals surface area (Å²) in [5, 5.41) is 155. The number of aliphatic hydroxyl groups is 13. The monoisotopic (exact) mass is 1090 g/mol. The Morgan fingerprint density at radius 1 is 0.711 bits per heavy atom. The van der Waals surface area contributed by atoms with Gasteiger partial charge in [0.25, 0.3) is 0 Å². The van der Waals surface area contributed by atoms with Crippen LogP contribution in [0.3, 0.4) is 0 Å². The number of esters is 1. The number of rotatable bonds is 13. The van der Waals surface area contributed by atoms with E-state index in [4.69, 9.17) is 28.4 Å². The summed E-state index contributed by atoms with van der Waals surface area (Å²) < 4.78 is 36.3. The number of carboxylic acid groups (broad SMARTS) is 1. The standard InChI is InChI=1S/C54H86O22/c1-9-23(2)46(70)76-44-43(67)54(22-58)26(17-49(44,3)4)25-10-11-31-50(5)14-13-33(51(6,21-57)30(50)12-15-52(31,7)53(25,8)18-32(54)59)71-27-16-24(45(68)69)41(74-47-38(64)36(62)34(60)28(19-55)72-47)40(66)42(27)75-48-39(65)37(63)35(61)29(20-56)73-48/h9-10,24,26-44,47-48,55-67H,11-22H2,1-8H3,(H,68,69)/b23-9+/t24-,26-,27+,28+,29+,30?,31?,32+,33-,34+,35+,36-,37-,38+,39+,40-,41+,42-,43-,44-,47-,48-,50-,51+,52+,53+,54-/m0/s1. The van der Waals surface area contributed by atoms with Crippen LogP contribution in [0.2, 0.25) is 0 Å². The summed E-state index contributed by atoms with van der Waals surface area (Å²) in [6, 6.07) is 0. The van der Waals surface area contributed by atoms with Gasteiger partial charge in [-0.15, -0.1) is 0 Å². The van der Waals surface area contributed by atoms with Gasteiger partial charge in [0.2, 0.25) is 0 Å². The smallest absolute Gasteiger partial charge is 0.333 e. The minimum absolute atomic E-state index is 0.0253. The van der Waals surface area contributed by atoms with Crippen LogP contribution in [0.15, 0.2) is 23.3 Å². The number of carboxylic acids is 1. The maximum Gasteiger partial charge on any atom is 0.333 e. The summed E-state index contributed by atoms with van der Waals surface area (Å²) in [5.74, 6) is -4.44. The van der Waals surface area contributed by atoms with Gasteiger partial charge in [-0.3, -0.25) is 4.79 Å². The lowest BCUT2D eigenvalue weighted by Gasteiger charge is -2.72. The van der Waals surface area contributed by atoms with Crippen molar-refractivity contribution in [1.82, 2.24) is 0 Å². The Labute approximate surface area is 443 Å². The quantitative estimate of drug-likeness (QED) is 0.0583. The maximum atomic E-state index is 13.2. The molecule has 6 aliphatic carbocycles. The van der Waals surface area contributed by atoms with E-state index in [0.717, 1.165) is 5.57 Å². The summed E-state index contributed by atoms with van der Waals surface area (Å²) in [4.78, 5) is 26.4. The Hall–Kier alpha value is -2.30. The van der Waals surface area contributed by atoms with Crippen LogP contribution in [0.1, 0.15) is 107 Å². The zero-order valence-electron chi connectivity index (χ0n) is 44.9. The van der Waals surface area contributed by atoms with E-state index in [1.165, 1.54) is 0 Å². The number of hydrogen-bond acceptors (Lipinski definition) is 21. The molecule has 0 radical (unpaired) electrons. The van der Waals surface area contributed by atoms with Crippen LogP contribution in [-0.4, -0.2) is 220 Å². The lowest BCUT2D eigenvalue weighted by atomic mass is 9.33. The van der Waals surface area contributed by atoms with Crippen molar-refractivity contribution in [1.29, 1.82) is 0 Å². The van der Waals surface area contributed by atoms with Crippen LogP contribution in [-0.2, 0) is 38.0 Å². The molecule has 27 atom stereocenters. The van der Waals surface area contributed by atoms with Crippen molar-refractivity contribution in [2.24, 2.45) is 56.2 Å². The van der Waals surface area contributed by atoms with Gasteiger partial charge in [-0.2, -0.15) is 0 Å². The molecule has 14 N–H and O–H groups in total. The minimum Gasteiger partial charge on any atom is -0.481 e. The lowest BCUT2D eigenvalue weighted by Crippen LogP contribution is -2.72. The number of fused-ring (bicyclic) bond motifs is 7. The molecule has 0 spiro atoms. The molecule has 2 heterocycles. The summed E-state index contributed by atoms with van der Waals surface area (Å²) >= 11 is 0. The highest BCUT2D eigenvalue weighted by Gasteiger charge is 2.73. The Balaban J connectivity index is 1.10. The van der Waals surface area contributed by atoms with Gasteiger partial charge in [0.15, 0.2) is 12.6 Å².